The Kier molecular flexibility index (Phi) is 3.10. The first kappa shape index (κ1) is 12.9. The van der Waals surface area contributed by atoms with E-state index >= 15 is 0 Å². The fraction of sp³-hybridized carbons (Fsp3) is 0.429. The van der Waals surface area contributed by atoms with Crippen molar-refractivity contribution < 1.29 is 14.7 Å². The minimum Gasteiger partial charge on any atom is -0.508 e. The third-order valence-electron chi connectivity index (χ3n) is 3.91. The molecule has 2 fully saturated rings. The van der Waals surface area contributed by atoms with E-state index in [0.29, 0.717) is 13.0 Å². The van der Waals surface area contributed by atoms with Crippen LogP contribution in [0.3, 0.4) is 0 Å². The lowest BCUT2D eigenvalue weighted by Gasteiger charge is -2.31. The van der Waals surface area contributed by atoms with Gasteiger partial charge < -0.3 is 15.7 Å². The molecule has 6 nitrogen and oxygen atoms in total. The molecule has 2 saturated heterocycles. The van der Waals surface area contributed by atoms with Gasteiger partial charge in [-0.15, -0.1) is 0 Å². The largest absolute Gasteiger partial charge is 0.508 e. The summed E-state index contributed by atoms with van der Waals surface area (Å²) in [4.78, 5) is 25.8. The van der Waals surface area contributed by atoms with E-state index in [2.05, 4.69) is 10.6 Å². The number of urea groups is 1. The Morgan fingerprint density at radius 2 is 2.00 bits per heavy atom. The van der Waals surface area contributed by atoms with E-state index in [1.54, 1.807) is 24.3 Å². The third kappa shape index (κ3) is 2.12. The number of benzene rings is 1. The highest BCUT2D eigenvalue weighted by atomic mass is 16.3. The van der Waals surface area contributed by atoms with Crippen LogP contribution in [0.25, 0.3) is 0 Å². The lowest BCUT2D eigenvalue weighted by atomic mass is 9.90. The first-order chi connectivity index (χ1) is 9.61. The van der Waals surface area contributed by atoms with Crippen molar-refractivity contribution in [2.45, 2.75) is 24.9 Å². The smallest absolute Gasteiger partial charge is 0.325 e. The average Bonchev–Trinajstić information content (AvgIpc) is 2.67. The van der Waals surface area contributed by atoms with Gasteiger partial charge in [0.15, 0.2) is 0 Å². The van der Waals surface area contributed by atoms with E-state index in [0.717, 1.165) is 18.5 Å². The van der Waals surface area contributed by atoms with E-state index in [4.69, 9.17) is 0 Å². The normalized spacial score (nSPS) is 26.1. The molecule has 1 atom stereocenters. The molecule has 0 aromatic heterocycles. The van der Waals surface area contributed by atoms with Crippen molar-refractivity contribution in [2.24, 2.45) is 0 Å². The van der Waals surface area contributed by atoms with E-state index in [1.807, 2.05) is 0 Å². The standard InChI is InChI=1S/C14H17N3O3/c18-11-4-2-10(3-5-11)8-17-12(19)14(16-13(17)20)6-1-7-15-9-14/h2-5,15,18H,1,6-9H2,(H,16,20). The fourth-order valence-electron chi connectivity index (χ4n) is 2.80. The zero-order valence-corrected chi connectivity index (χ0v) is 11.1. The highest BCUT2D eigenvalue weighted by molar-refractivity contribution is 6.07. The van der Waals surface area contributed by atoms with Crippen LogP contribution in [0.5, 0.6) is 5.75 Å². The maximum atomic E-state index is 12.5. The van der Waals surface area contributed by atoms with Crippen molar-refractivity contribution >= 4 is 11.9 Å². The lowest BCUT2D eigenvalue weighted by Crippen LogP contribution is -2.57. The number of piperidine rings is 1. The van der Waals surface area contributed by atoms with Crippen LogP contribution in [-0.2, 0) is 11.3 Å². The zero-order chi connectivity index (χ0) is 14.2. The van der Waals surface area contributed by atoms with Crippen LogP contribution in [0.15, 0.2) is 24.3 Å². The van der Waals surface area contributed by atoms with Gasteiger partial charge in [-0.3, -0.25) is 9.69 Å². The van der Waals surface area contributed by atoms with Crippen LogP contribution in [-0.4, -0.2) is 40.6 Å². The predicted molar refractivity (Wildman–Crippen MR) is 72.0 cm³/mol. The van der Waals surface area contributed by atoms with E-state index < -0.39 is 5.54 Å². The molecule has 1 spiro atoms. The summed E-state index contributed by atoms with van der Waals surface area (Å²) in [5.41, 5.74) is 0.0406. The molecule has 0 radical (unpaired) electrons. The van der Waals surface area contributed by atoms with Gasteiger partial charge in [0, 0.05) is 6.54 Å². The number of amides is 3. The zero-order valence-electron chi connectivity index (χ0n) is 11.1. The summed E-state index contributed by atoms with van der Waals surface area (Å²) in [6, 6.07) is 6.17. The number of carbonyl (C=O) groups excluding carboxylic acids is 2. The molecule has 20 heavy (non-hydrogen) atoms. The molecule has 2 aliphatic heterocycles. The topological polar surface area (TPSA) is 81.7 Å². The SMILES string of the molecule is O=C1NC2(CCCNC2)C(=O)N1Cc1ccc(O)cc1. The molecule has 2 heterocycles. The number of aromatic hydroxyl groups is 1. The maximum absolute atomic E-state index is 12.5. The monoisotopic (exact) mass is 275 g/mol. The molecule has 3 N–H and O–H groups in total. The highest BCUT2D eigenvalue weighted by Gasteiger charge is 2.51. The number of rotatable bonds is 2. The van der Waals surface area contributed by atoms with E-state index in [9.17, 15) is 14.7 Å². The van der Waals surface area contributed by atoms with Crippen molar-refractivity contribution in [2.75, 3.05) is 13.1 Å². The maximum Gasteiger partial charge on any atom is 0.325 e. The molecular weight excluding hydrogens is 258 g/mol. The number of nitrogens with one attached hydrogen (secondary N) is 2. The fourth-order valence-corrected chi connectivity index (χ4v) is 2.80. The highest BCUT2D eigenvalue weighted by Crippen LogP contribution is 2.26. The van der Waals surface area contributed by atoms with E-state index in [-0.39, 0.29) is 24.2 Å². The van der Waals surface area contributed by atoms with Crippen molar-refractivity contribution in [3.8, 4) is 5.75 Å². The second-order valence-electron chi connectivity index (χ2n) is 5.35. The quantitative estimate of drug-likeness (QED) is 0.689. The number of hydrogen-bond donors (Lipinski definition) is 3. The number of imide groups is 1. The molecule has 6 heteroatoms. The van der Waals surface area contributed by atoms with Gasteiger partial charge in [0.2, 0.25) is 0 Å². The summed E-state index contributed by atoms with van der Waals surface area (Å²) in [5, 5.41) is 15.2. The van der Waals surface area contributed by atoms with Crippen molar-refractivity contribution in [3.63, 3.8) is 0 Å². The van der Waals surface area contributed by atoms with Gasteiger partial charge in [0.05, 0.1) is 6.54 Å². The summed E-state index contributed by atoms with van der Waals surface area (Å²) < 4.78 is 0. The molecule has 1 aromatic carbocycles. The Morgan fingerprint density at radius 3 is 2.65 bits per heavy atom. The van der Waals surface area contributed by atoms with Crippen molar-refractivity contribution in [3.05, 3.63) is 29.8 Å². The van der Waals surface area contributed by atoms with Crippen LogP contribution in [0.1, 0.15) is 18.4 Å². The summed E-state index contributed by atoms with van der Waals surface area (Å²) in [5.74, 6) is 0.00155. The number of carbonyl (C=O) groups is 2. The van der Waals surface area contributed by atoms with E-state index in [1.165, 1.54) is 4.90 Å². The Balaban J connectivity index is 1.78. The second kappa shape index (κ2) is 4.79. The van der Waals surface area contributed by atoms with Crippen LogP contribution >= 0.6 is 0 Å². The first-order valence-electron chi connectivity index (χ1n) is 6.73. The average molecular weight is 275 g/mol. The van der Waals surface area contributed by atoms with Crippen LogP contribution < -0.4 is 10.6 Å². The van der Waals surface area contributed by atoms with Crippen LogP contribution in [0.2, 0.25) is 0 Å². The molecular formula is C14H17N3O3. The van der Waals surface area contributed by atoms with Gasteiger partial charge in [-0.25, -0.2) is 4.79 Å². The molecule has 3 amide bonds. The number of phenolic OH excluding ortho intramolecular Hbond substituents is 1. The first-order valence-corrected chi connectivity index (χ1v) is 6.73. The molecule has 3 rings (SSSR count). The molecule has 0 aliphatic carbocycles. The van der Waals surface area contributed by atoms with Crippen molar-refractivity contribution in [1.29, 1.82) is 0 Å². The number of hydrogen-bond acceptors (Lipinski definition) is 4. The van der Waals surface area contributed by atoms with Crippen LogP contribution in [0, 0.1) is 0 Å². The molecule has 1 aromatic rings. The van der Waals surface area contributed by atoms with Gasteiger partial charge in [0.1, 0.15) is 11.3 Å². The second-order valence-corrected chi connectivity index (χ2v) is 5.35. The molecule has 106 valence electrons. The molecule has 1 unspecified atom stereocenters. The minimum absolute atomic E-state index is 0.164. The summed E-state index contributed by atoms with van der Waals surface area (Å²) in [6.07, 6.45) is 1.55. The lowest BCUT2D eigenvalue weighted by molar-refractivity contribution is -0.132. The Bertz CT molecular complexity index is 535. The number of nitrogens with zero attached hydrogens (tertiary/aromatic N) is 1. The Hall–Kier alpha value is -2.08. The van der Waals surface area contributed by atoms with Gasteiger partial charge in [-0.1, -0.05) is 12.1 Å². The molecule has 0 saturated carbocycles. The number of phenols is 1. The Morgan fingerprint density at radius 1 is 1.25 bits per heavy atom. The predicted octanol–water partition coefficient (Wildman–Crippen LogP) is 0.566. The van der Waals surface area contributed by atoms with Crippen molar-refractivity contribution in [1.82, 2.24) is 15.5 Å². The Labute approximate surface area is 116 Å². The summed E-state index contributed by atoms with van der Waals surface area (Å²) in [6.45, 7) is 1.60. The van der Waals surface area contributed by atoms with Gasteiger partial charge in [-0.2, -0.15) is 0 Å². The molecule has 0 bridgehead atoms. The summed E-state index contributed by atoms with van der Waals surface area (Å²) in [7, 11) is 0. The molecule has 2 aliphatic rings. The van der Waals surface area contributed by atoms with Gasteiger partial charge >= 0.3 is 6.03 Å². The van der Waals surface area contributed by atoms with Gasteiger partial charge in [0.25, 0.3) is 5.91 Å². The third-order valence-corrected chi connectivity index (χ3v) is 3.91. The minimum atomic E-state index is -0.772. The summed E-state index contributed by atoms with van der Waals surface area (Å²) >= 11 is 0. The van der Waals surface area contributed by atoms with Gasteiger partial charge in [-0.05, 0) is 37.1 Å². The van der Waals surface area contributed by atoms with Crippen LogP contribution in [0.4, 0.5) is 4.79 Å².